The van der Waals surface area contributed by atoms with Gasteiger partial charge >= 0.3 is 0 Å². The topological polar surface area (TPSA) is 29.3 Å². The zero-order chi connectivity index (χ0) is 14.0. The summed E-state index contributed by atoms with van der Waals surface area (Å²) in [5, 5.41) is 1.25. The van der Waals surface area contributed by atoms with Crippen molar-refractivity contribution in [1.82, 2.24) is 4.90 Å². The molecule has 2 N–H and O–H groups in total. The highest BCUT2D eigenvalue weighted by atomic mass is 32.2. The minimum atomic E-state index is -0.173. The fourth-order valence-corrected chi connectivity index (χ4v) is 4.31. The molecule has 4 heteroatoms. The zero-order valence-corrected chi connectivity index (χ0v) is 12.7. The van der Waals surface area contributed by atoms with E-state index in [4.69, 9.17) is 5.73 Å². The lowest BCUT2D eigenvalue weighted by Gasteiger charge is -2.40. The summed E-state index contributed by atoms with van der Waals surface area (Å²) in [5.41, 5.74) is 8.15. The molecule has 0 spiro atoms. The second-order valence-corrected chi connectivity index (χ2v) is 7.35. The van der Waals surface area contributed by atoms with Gasteiger partial charge in [0.25, 0.3) is 0 Å². The minimum absolute atomic E-state index is 0.173. The fourth-order valence-electron chi connectivity index (χ4n) is 2.96. The highest BCUT2D eigenvalue weighted by Gasteiger charge is 2.28. The molecule has 3 unspecified atom stereocenters. The molecule has 2 rings (SSSR count). The highest BCUT2D eigenvalue weighted by Crippen LogP contribution is 2.31. The van der Waals surface area contributed by atoms with Crippen LogP contribution in [0.25, 0.3) is 0 Å². The molecule has 106 valence electrons. The van der Waals surface area contributed by atoms with Crippen LogP contribution >= 0.6 is 11.8 Å². The zero-order valence-electron chi connectivity index (χ0n) is 11.9. The van der Waals surface area contributed by atoms with Gasteiger partial charge in [-0.05, 0) is 30.2 Å². The molecule has 2 nitrogen and oxygen atoms in total. The van der Waals surface area contributed by atoms with Crippen molar-refractivity contribution in [3.05, 3.63) is 35.1 Å². The Balaban J connectivity index is 2.23. The van der Waals surface area contributed by atoms with Crippen LogP contribution in [-0.4, -0.2) is 35.0 Å². The van der Waals surface area contributed by atoms with E-state index in [2.05, 4.69) is 18.7 Å². The van der Waals surface area contributed by atoms with Gasteiger partial charge in [-0.1, -0.05) is 19.9 Å². The number of nitrogens with zero attached hydrogens (tertiary/aromatic N) is 1. The molecule has 1 aliphatic rings. The Morgan fingerprint density at radius 3 is 2.53 bits per heavy atom. The molecule has 0 saturated carbocycles. The van der Waals surface area contributed by atoms with Gasteiger partial charge in [-0.2, -0.15) is 11.8 Å². The fraction of sp³-hybridized carbons (Fsp3) is 0.600. The van der Waals surface area contributed by atoms with Crippen molar-refractivity contribution >= 4 is 11.8 Å². The molecule has 1 aromatic rings. The van der Waals surface area contributed by atoms with Gasteiger partial charge in [-0.15, -0.1) is 0 Å². The van der Waals surface area contributed by atoms with Crippen LogP contribution in [0.2, 0.25) is 0 Å². The summed E-state index contributed by atoms with van der Waals surface area (Å²) < 4.78 is 13.2. The third-order valence-electron chi connectivity index (χ3n) is 3.70. The second-order valence-electron chi connectivity index (χ2n) is 5.46. The van der Waals surface area contributed by atoms with Crippen LogP contribution in [0.3, 0.4) is 0 Å². The van der Waals surface area contributed by atoms with E-state index in [1.165, 1.54) is 6.07 Å². The summed E-state index contributed by atoms with van der Waals surface area (Å²) in [6, 6.07) is 5.23. The third-order valence-corrected chi connectivity index (χ3v) is 4.93. The predicted molar refractivity (Wildman–Crippen MR) is 81.0 cm³/mol. The van der Waals surface area contributed by atoms with Crippen molar-refractivity contribution in [2.75, 3.05) is 19.6 Å². The quantitative estimate of drug-likeness (QED) is 0.924. The largest absolute Gasteiger partial charge is 0.329 e. The van der Waals surface area contributed by atoms with Gasteiger partial charge in [0.2, 0.25) is 0 Å². The Labute approximate surface area is 119 Å². The summed E-state index contributed by atoms with van der Waals surface area (Å²) in [5.74, 6) is -0.173. The van der Waals surface area contributed by atoms with E-state index in [1.54, 1.807) is 6.07 Å². The van der Waals surface area contributed by atoms with E-state index in [0.29, 0.717) is 17.0 Å². The lowest BCUT2D eigenvalue weighted by Crippen LogP contribution is -2.45. The van der Waals surface area contributed by atoms with Gasteiger partial charge in [0.05, 0.1) is 0 Å². The molecule has 0 aliphatic carbocycles. The number of rotatable bonds is 3. The molecule has 1 fully saturated rings. The summed E-state index contributed by atoms with van der Waals surface area (Å²) in [7, 11) is 0. The Hall–Kier alpha value is -0.580. The Morgan fingerprint density at radius 2 is 2.00 bits per heavy atom. The van der Waals surface area contributed by atoms with Gasteiger partial charge in [0.15, 0.2) is 0 Å². The molecule has 1 heterocycles. The Kier molecular flexibility index (Phi) is 4.87. The van der Waals surface area contributed by atoms with E-state index in [-0.39, 0.29) is 11.9 Å². The van der Waals surface area contributed by atoms with Gasteiger partial charge in [-0.3, -0.25) is 4.90 Å². The molecule has 1 saturated heterocycles. The first-order valence-electron chi connectivity index (χ1n) is 6.87. The first-order chi connectivity index (χ1) is 9.01. The van der Waals surface area contributed by atoms with Crippen LogP contribution in [0.5, 0.6) is 0 Å². The van der Waals surface area contributed by atoms with Gasteiger partial charge < -0.3 is 5.73 Å². The van der Waals surface area contributed by atoms with Gasteiger partial charge in [-0.25, -0.2) is 4.39 Å². The standard InChI is InChI=1S/C15H23FN2S/c1-10-6-13(16)4-5-14(10)15(7-17)18-8-11(2)19-12(3)9-18/h4-6,11-12,15H,7-9,17H2,1-3H3. The van der Waals surface area contributed by atoms with E-state index in [0.717, 1.165) is 24.2 Å². The van der Waals surface area contributed by atoms with Gasteiger partial charge in [0, 0.05) is 36.2 Å². The van der Waals surface area contributed by atoms with Crippen LogP contribution in [-0.2, 0) is 0 Å². The predicted octanol–water partition coefficient (Wildman–Crippen LogP) is 2.96. The van der Waals surface area contributed by atoms with Crippen molar-refractivity contribution in [3.63, 3.8) is 0 Å². The lowest BCUT2D eigenvalue weighted by molar-refractivity contribution is 0.199. The Morgan fingerprint density at radius 1 is 1.37 bits per heavy atom. The number of aryl methyl sites for hydroxylation is 1. The maximum atomic E-state index is 13.2. The highest BCUT2D eigenvalue weighted by molar-refractivity contribution is 8.00. The molecule has 0 aromatic heterocycles. The average molecular weight is 282 g/mol. The molecule has 19 heavy (non-hydrogen) atoms. The number of hydrogen-bond acceptors (Lipinski definition) is 3. The summed E-state index contributed by atoms with van der Waals surface area (Å²) in [4.78, 5) is 2.45. The smallest absolute Gasteiger partial charge is 0.123 e. The third kappa shape index (κ3) is 3.50. The monoisotopic (exact) mass is 282 g/mol. The van der Waals surface area contributed by atoms with E-state index in [1.807, 2.05) is 24.8 Å². The van der Waals surface area contributed by atoms with Crippen molar-refractivity contribution in [3.8, 4) is 0 Å². The number of halogens is 1. The number of nitrogens with two attached hydrogens (primary N) is 1. The maximum absolute atomic E-state index is 13.2. The molecule has 3 atom stereocenters. The molecule has 1 aromatic carbocycles. The van der Waals surface area contributed by atoms with E-state index < -0.39 is 0 Å². The average Bonchev–Trinajstić information content (AvgIpc) is 2.31. The molecule has 0 amide bonds. The van der Waals surface area contributed by atoms with Crippen molar-refractivity contribution < 1.29 is 4.39 Å². The van der Waals surface area contributed by atoms with Crippen LogP contribution in [0.4, 0.5) is 4.39 Å². The summed E-state index contributed by atoms with van der Waals surface area (Å²) >= 11 is 2.03. The lowest BCUT2D eigenvalue weighted by atomic mass is 9.99. The summed E-state index contributed by atoms with van der Waals surface area (Å²) in [6.07, 6.45) is 0. The normalized spacial score (nSPS) is 26.4. The van der Waals surface area contributed by atoms with E-state index >= 15 is 0 Å². The Bertz CT molecular complexity index is 428. The number of thioether (sulfide) groups is 1. The first kappa shape index (κ1) is 14.8. The number of hydrogen-bond donors (Lipinski definition) is 1. The minimum Gasteiger partial charge on any atom is -0.329 e. The summed E-state index contributed by atoms with van der Waals surface area (Å²) in [6.45, 7) is 9.17. The van der Waals surface area contributed by atoms with Crippen LogP contribution in [0.15, 0.2) is 18.2 Å². The molecule has 0 bridgehead atoms. The van der Waals surface area contributed by atoms with Crippen LogP contribution in [0.1, 0.15) is 31.0 Å². The van der Waals surface area contributed by atoms with Crippen LogP contribution < -0.4 is 5.73 Å². The first-order valence-corrected chi connectivity index (χ1v) is 7.81. The second kappa shape index (κ2) is 6.25. The molecular weight excluding hydrogens is 259 g/mol. The SMILES string of the molecule is Cc1cc(F)ccc1C(CN)N1CC(C)SC(C)C1. The molecular formula is C15H23FN2S. The number of benzene rings is 1. The molecule has 1 aliphatic heterocycles. The van der Waals surface area contributed by atoms with Crippen molar-refractivity contribution in [1.29, 1.82) is 0 Å². The van der Waals surface area contributed by atoms with Gasteiger partial charge in [0.1, 0.15) is 5.82 Å². The van der Waals surface area contributed by atoms with Crippen molar-refractivity contribution in [2.45, 2.75) is 37.3 Å². The van der Waals surface area contributed by atoms with Crippen LogP contribution in [0, 0.1) is 12.7 Å². The maximum Gasteiger partial charge on any atom is 0.123 e. The molecule has 0 radical (unpaired) electrons. The van der Waals surface area contributed by atoms with E-state index in [9.17, 15) is 4.39 Å². The van der Waals surface area contributed by atoms with Crippen molar-refractivity contribution in [2.24, 2.45) is 5.73 Å².